The number of aromatic amines is 1. The molecule has 1 aromatic heterocycles. The Labute approximate surface area is 121 Å². The predicted octanol–water partition coefficient (Wildman–Crippen LogP) is 3.52. The van der Waals surface area contributed by atoms with E-state index < -0.39 is 0 Å². The Bertz CT molecular complexity index is 810. The van der Waals surface area contributed by atoms with Gasteiger partial charge in [0.1, 0.15) is 5.82 Å². The molecule has 0 aliphatic carbocycles. The van der Waals surface area contributed by atoms with Gasteiger partial charge in [0.15, 0.2) is 5.82 Å². The molecule has 3 rings (SSSR count). The first-order valence-corrected chi connectivity index (χ1v) is 6.72. The van der Waals surface area contributed by atoms with Crippen molar-refractivity contribution in [2.24, 2.45) is 0 Å². The van der Waals surface area contributed by atoms with Gasteiger partial charge in [-0.05, 0) is 23.9 Å². The quantitative estimate of drug-likeness (QED) is 0.772. The second kappa shape index (κ2) is 5.36. The molecule has 1 amide bonds. The number of fused-ring (bicyclic) bond motifs is 1. The molecule has 0 spiro atoms. The second-order valence-electron chi connectivity index (χ2n) is 4.73. The number of benzene rings is 2. The van der Waals surface area contributed by atoms with Crippen LogP contribution in [0.2, 0.25) is 0 Å². The van der Waals surface area contributed by atoms with Gasteiger partial charge in [-0.1, -0.05) is 31.2 Å². The third-order valence-corrected chi connectivity index (χ3v) is 3.37. The Morgan fingerprint density at radius 2 is 2.00 bits per heavy atom. The maximum atomic E-state index is 13.8. The van der Waals surface area contributed by atoms with Crippen molar-refractivity contribution >= 4 is 22.5 Å². The van der Waals surface area contributed by atoms with E-state index in [0.717, 1.165) is 12.1 Å². The Kier molecular flexibility index (Phi) is 3.39. The zero-order valence-corrected chi connectivity index (χ0v) is 11.5. The van der Waals surface area contributed by atoms with Crippen LogP contribution in [0.4, 0.5) is 10.2 Å². The highest BCUT2D eigenvalue weighted by molar-refractivity contribution is 6.12. The second-order valence-corrected chi connectivity index (χ2v) is 4.73. The van der Waals surface area contributed by atoms with Gasteiger partial charge in [0.2, 0.25) is 0 Å². The minimum Gasteiger partial charge on any atom is -0.305 e. The zero-order chi connectivity index (χ0) is 14.8. The SMILES string of the molecule is CCc1cc(NC(=O)c2ccc(F)c3ccccc23)n[nH]1. The third-order valence-electron chi connectivity index (χ3n) is 3.37. The number of carbonyl (C=O) groups excluding carboxylic acids is 1. The summed E-state index contributed by atoms with van der Waals surface area (Å²) in [4.78, 5) is 12.3. The standard InChI is InChI=1S/C16H14FN3O/c1-2-10-9-15(20-19-10)18-16(21)13-7-8-14(17)12-6-4-3-5-11(12)13/h3-9H,2H2,1H3,(H2,18,19,20,21). The summed E-state index contributed by atoms with van der Waals surface area (Å²) in [5.74, 6) is -0.180. The lowest BCUT2D eigenvalue weighted by atomic mass is 10.0. The van der Waals surface area contributed by atoms with Gasteiger partial charge in [-0.25, -0.2) is 4.39 Å². The van der Waals surface area contributed by atoms with Crippen molar-refractivity contribution in [2.75, 3.05) is 5.32 Å². The van der Waals surface area contributed by atoms with E-state index in [9.17, 15) is 9.18 Å². The number of aryl methyl sites for hydroxylation is 1. The molecule has 3 aromatic rings. The molecule has 21 heavy (non-hydrogen) atoms. The van der Waals surface area contributed by atoms with Crippen LogP contribution < -0.4 is 5.32 Å². The van der Waals surface area contributed by atoms with Crippen LogP contribution in [0.5, 0.6) is 0 Å². The van der Waals surface area contributed by atoms with Gasteiger partial charge in [0.25, 0.3) is 5.91 Å². The first kappa shape index (κ1) is 13.3. The molecule has 1 heterocycles. The normalized spacial score (nSPS) is 10.8. The topological polar surface area (TPSA) is 57.8 Å². The number of amides is 1. The van der Waals surface area contributed by atoms with E-state index >= 15 is 0 Å². The van der Waals surface area contributed by atoms with Crippen molar-refractivity contribution in [3.63, 3.8) is 0 Å². The van der Waals surface area contributed by atoms with Gasteiger partial charge in [-0.3, -0.25) is 9.89 Å². The molecule has 0 radical (unpaired) electrons. The van der Waals surface area contributed by atoms with E-state index in [4.69, 9.17) is 0 Å². The van der Waals surface area contributed by atoms with Crippen molar-refractivity contribution in [2.45, 2.75) is 13.3 Å². The van der Waals surface area contributed by atoms with E-state index in [1.54, 1.807) is 30.3 Å². The van der Waals surface area contributed by atoms with Crippen LogP contribution in [0.15, 0.2) is 42.5 Å². The zero-order valence-electron chi connectivity index (χ0n) is 11.5. The molecule has 106 valence electrons. The monoisotopic (exact) mass is 283 g/mol. The average molecular weight is 283 g/mol. The summed E-state index contributed by atoms with van der Waals surface area (Å²) in [5.41, 5.74) is 1.36. The number of hydrogen-bond donors (Lipinski definition) is 2. The molecule has 0 saturated heterocycles. The minimum atomic E-state index is -0.338. The number of H-pyrrole nitrogens is 1. The Hall–Kier alpha value is -2.69. The highest BCUT2D eigenvalue weighted by atomic mass is 19.1. The summed E-state index contributed by atoms with van der Waals surface area (Å²) >= 11 is 0. The molecular weight excluding hydrogens is 269 g/mol. The van der Waals surface area contributed by atoms with Gasteiger partial charge in [-0.2, -0.15) is 5.10 Å². The highest BCUT2D eigenvalue weighted by Gasteiger charge is 2.13. The van der Waals surface area contributed by atoms with Gasteiger partial charge in [0, 0.05) is 22.7 Å². The fourth-order valence-electron chi connectivity index (χ4n) is 2.25. The number of hydrogen-bond acceptors (Lipinski definition) is 2. The van der Waals surface area contributed by atoms with Crippen molar-refractivity contribution in [3.8, 4) is 0 Å². The lowest BCUT2D eigenvalue weighted by Crippen LogP contribution is -2.12. The maximum absolute atomic E-state index is 13.8. The minimum absolute atomic E-state index is 0.305. The van der Waals surface area contributed by atoms with Crippen LogP contribution in [-0.4, -0.2) is 16.1 Å². The van der Waals surface area contributed by atoms with Crippen LogP contribution in [0.1, 0.15) is 23.0 Å². The number of aromatic nitrogens is 2. The smallest absolute Gasteiger partial charge is 0.257 e. The summed E-state index contributed by atoms with van der Waals surface area (Å²) in [5, 5.41) is 10.6. The number of halogens is 1. The maximum Gasteiger partial charge on any atom is 0.257 e. The Morgan fingerprint density at radius 1 is 1.24 bits per heavy atom. The van der Waals surface area contributed by atoms with E-state index in [0.29, 0.717) is 22.2 Å². The van der Waals surface area contributed by atoms with E-state index in [2.05, 4.69) is 15.5 Å². The lowest BCUT2D eigenvalue weighted by Gasteiger charge is -2.07. The predicted molar refractivity (Wildman–Crippen MR) is 79.8 cm³/mol. The van der Waals surface area contributed by atoms with E-state index in [1.165, 1.54) is 12.1 Å². The number of rotatable bonds is 3. The van der Waals surface area contributed by atoms with Crippen LogP contribution >= 0.6 is 0 Å². The molecule has 0 aliphatic heterocycles. The fraction of sp³-hybridized carbons (Fsp3) is 0.125. The van der Waals surface area contributed by atoms with Crippen LogP contribution in [0.25, 0.3) is 10.8 Å². The van der Waals surface area contributed by atoms with Crippen LogP contribution in [-0.2, 0) is 6.42 Å². The van der Waals surface area contributed by atoms with E-state index in [1.807, 2.05) is 6.92 Å². The van der Waals surface area contributed by atoms with Crippen LogP contribution in [0.3, 0.4) is 0 Å². The van der Waals surface area contributed by atoms with E-state index in [-0.39, 0.29) is 11.7 Å². The van der Waals surface area contributed by atoms with Gasteiger partial charge < -0.3 is 5.32 Å². The third kappa shape index (κ3) is 2.50. The van der Waals surface area contributed by atoms with Crippen molar-refractivity contribution in [3.05, 3.63) is 59.5 Å². The highest BCUT2D eigenvalue weighted by Crippen LogP contribution is 2.22. The van der Waals surface area contributed by atoms with Gasteiger partial charge in [0.05, 0.1) is 0 Å². The molecule has 4 nitrogen and oxygen atoms in total. The molecule has 0 fully saturated rings. The van der Waals surface area contributed by atoms with Crippen molar-refractivity contribution < 1.29 is 9.18 Å². The Balaban J connectivity index is 1.96. The number of nitrogens with zero attached hydrogens (tertiary/aromatic N) is 1. The largest absolute Gasteiger partial charge is 0.305 e. The summed E-state index contributed by atoms with van der Waals surface area (Å²) in [6.45, 7) is 1.99. The summed E-state index contributed by atoms with van der Waals surface area (Å²) < 4.78 is 13.8. The molecule has 0 aliphatic rings. The molecule has 0 atom stereocenters. The molecule has 0 bridgehead atoms. The molecule has 2 N–H and O–H groups in total. The summed E-state index contributed by atoms with van der Waals surface area (Å²) in [6.07, 6.45) is 0.808. The molecule has 0 saturated carbocycles. The van der Waals surface area contributed by atoms with Crippen molar-refractivity contribution in [1.29, 1.82) is 0 Å². The Morgan fingerprint density at radius 3 is 2.71 bits per heavy atom. The number of nitrogens with one attached hydrogen (secondary N) is 2. The molecular formula is C16H14FN3O. The first-order valence-electron chi connectivity index (χ1n) is 6.72. The van der Waals surface area contributed by atoms with Gasteiger partial charge >= 0.3 is 0 Å². The summed E-state index contributed by atoms with van der Waals surface area (Å²) in [7, 11) is 0. The van der Waals surface area contributed by atoms with Crippen molar-refractivity contribution in [1.82, 2.24) is 10.2 Å². The van der Waals surface area contributed by atoms with Gasteiger partial charge in [-0.15, -0.1) is 0 Å². The lowest BCUT2D eigenvalue weighted by molar-refractivity contribution is 0.102. The molecule has 2 aromatic carbocycles. The number of anilines is 1. The number of carbonyl (C=O) groups is 1. The molecule has 0 unspecified atom stereocenters. The fourth-order valence-corrected chi connectivity index (χ4v) is 2.25. The average Bonchev–Trinajstić information content (AvgIpc) is 2.95. The first-order chi connectivity index (χ1) is 10.2. The summed E-state index contributed by atoms with van der Waals surface area (Å²) in [6, 6.07) is 11.5. The van der Waals surface area contributed by atoms with Crippen LogP contribution in [0, 0.1) is 5.82 Å². The molecule has 5 heteroatoms.